The molecule has 6 heteroatoms. The maximum atomic E-state index is 12.0. The maximum Gasteiger partial charge on any atom is 0.241 e. The van der Waals surface area contributed by atoms with Gasteiger partial charge in [-0.2, -0.15) is 0 Å². The number of nitrogens with zero attached hydrogens (tertiary/aromatic N) is 2. The summed E-state index contributed by atoms with van der Waals surface area (Å²) in [7, 11) is 3.51. The normalized spacial score (nSPS) is 15.0. The number of carbonyl (C=O) groups is 1. The number of guanidine groups is 1. The van der Waals surface area contributed by atoms with Crippen LogP contribution in [0.1, 0.15) is 24.0 Å². The fourth-order valence-corrected chi connectivity index (χ4v) is 3.79. The van der Waals surface area contributed by atoms with Crippen molar-refractivity contribution in [1.82, 2.24) is 15.5 Å². The van der Waals surface area contributed by atoms with Gasteiger partial charge in [-0.1, -0.05) is 64.5 Å². The van der Waals surface area contributed by atoms with Crippen molar-refractivity contribution in [1.29, 1.82) is 0 Å². The van der Waals surface area contributed by atoms with Gasteiger partial charge in [-0.3, -0.25) is 4.79 Å². The largest absolute Gasteiger partial charge is 0.355 e. The van der Waals surface area contributed by atoms with Crippen molar-refractivity contribution >= 4 is 27.8 Å². The van der Waals surface area contributed by atoms with Crippen molar-refractivity contribution in [3.05, 3.63) is 70.2 Å². The fourth-order valence-electron chi connectivity index (χ4n) is 3.08. The second kappa shape index (κ2) is 9.24. The SMILES string of the molecule is CN(C)C(=O)CNC(=NCc1ccccc1)NCC1(c2ccccc2Br)CC1. The van der Waals surface area contributed by atoms with Crippen LogP contribution in [0.15, 0.2) is 64.1 Å². The molecule has 0 atom stereocenters. The molecule has 2 aromatic carbocycles. The first-order valence-corrected chi connectivity index (χ1v) is 10.3. The first kappa shape index (κ1) is 20.4. The second-order valence-corrected chi connectivity index (χ2v) is 8.26. The molecule has 28 heavy (non-hydrogen) atoms. The summed E-state index contributed by atoms with van der Waals surface area (Å²) in [6, 6.07) is 18.5. The van der Waals surface area contributed by atoms with Gasteiger partial charge in [0.2, 0.25) is 5.91 Å². The third-order valence-corrected chi connectivity index (χ3v) is 5.75. The van der Waals surface area contributed by atoms with Crippen LogP contribution in [0.5, 0.6) is 0 Å². The van der Waals surface area contributed by atoms with Crippen LogP contribution in [0, 0.1) is 0 Å². The Morgan fingerprint density at radius 1 is 1.07 bits per heavy atom. The summed E-state index contributed by atoms with van der Waals surface area (Å²) in [5, 5.41) is 6.63. The molecule has 2 N–H and O–H groups in total. The lowest BCUT2D eigenvalue weighted by Gasteiger charge is -2.21. The van der Waals surface area contributed by atoms with E-state index < -0.39 is 0 Å². The molecule has 1 fully saturated rings. The zero-order valence-electron chi connectivity index (χ0n) is 16.4. The molecule has 0 bridgehead atoms. The Labute approximate surface area is 175 Å². The molecule has 0 radical (unpaired) electrons. The number of hydrogen-bond donors (Lipinski definition) is 2. The van der Waals surface area contributed by atoms with Gasteiger partial charge in [-0.25, -0.2) is 4.99 Å². The van der Waals surface area contributed by atoms with Gasteiger partial charge in [0.25, 0.3) is 0 Å². The molecule has 1 amide bonds. The van der Waals surface area contributed by atoms with Crippen LogP contribution in [0.4, 0.5) is 0 Å². The van der Waals surface area contributed by atoms with Crippen LogP contribution in [0.25, 0.3) is 0 Å². The number of carbonyl (C=O) groups excluding carboxylic acids is 1. The fraction of sp³-hybridized carbons (Fsp3) is 0.364. The highest BCUT2D eigenvalue weighted by atomic mass is 79.9. The molecule has 0 saturated heterocycles. The summed E-state index contributed by atoms with van der Waals surface area (Å²) in [5.41, 5.74) is 2.59. The number of rotatable bonds is 7. The highest BCUT2D eigenvalue weighted by Crippen LogP contribution is 2.49. The highest BCUT2D eigenvalue weighted by Gasteiger charge is 2.45. The van der Waals surface area contributed by atoms with Crippen molar-refractivity contribution in [3.8, 4) is 0 Å². The van der Waals surface area contributed by atoms with Gasteiger partial charge in [0.15, 0.2) is 5.96 Å². The Bertz CT molecular complexity index is 831. The van der Waals surface area contributed by atoms with Gasteiger partial charge >= 0.3 is 0 Å². The monoisotopic (exact) mass is 442 g/mol. The van der Waals surface area contributed by atoms with Crippen molar-refractivity contribution in [2.24, 2.45) is 4.99 Å². The quantitative estimate of drug-likeness (QED) is 0.510. The maximum absolute atomic E-state index is 12.0. The van der Waals surface area contributed by atoms with E-state index in [1.165, 1.54) is 5.56 Å². The number of benzene rings is 2. The average Bonchev–Trinajstić information content (AvgIpc) is 3.49. The molecule has 0 aromatic heterocycles. The molecule has 5 nitrogen and oxygen atoms in total. The second-order valence-electron chi connectivity index (χ2n) is 7.41. The molecule has 1 saturated carbocycles. The molecular formula is C22H27BrN4O. The molecule has 2 aromatic rings. The minimum absolute atomic E-state index is 0.0150. The van der Waals surface area contributed by atoms with Gasteiger partial charge in [0.05, 0.1) is 13.1 Å². The van der Waals surface area contributed by atoms with Gasteiger partial charge in [-0.05, 0) is 30.0 Å². The van der Waals surface area contributed by atoms with E-state index in [-0.39, 0.29) is 17.9 Å². The smallest absolute Gasteiger partial charge is 0.241 e. The molecule has 3 rings (SSSR count). The van der Waals surface area contributed by atoms with E-state index >= 15 is 0 Å². The summed E-state index contributed by atoms with van der Waals surface area (Å²) < 4.78 is 1.15. The summed E-state index contributed by atoms with van der Waals surface area (Å²) in [4.78, 5) is 18.2. The molecular weight excluding hydrogens is 416 g/mol. The van der Waals surface area contributed by atoms with E-state index in [1.54, 1.807) is 19.0 Å². The lowest BCUT2D eigenvalue weighted by atomic mass is 9.96. The minimum Gasteiger partial charge on any atom is -0.355 e. The van der Waals surface area contributed by atoms with E-state index in [2.05, 4.69) is 61.9 Å². The highest BCUT2D eigenvalue weighted by molar-refractivity contribution is 9.10. The van der Waals surface area contributed by atoms with Crippen LogP contribution < -0.4 is 10.6 Å². The molecule has 0 heterocycles. The van der Waals surface area contributed by atoms with E-state index in [9.17, 15) is 4.79 Å². The molecule has 0 spiro atoms. The molecule has 1 aliphatic carbocycles. The minimum atomic E-state index is 0.0150. The Hall–Kier alpha value is -2.34. The van der Waals surface area contributed by atoms with Crippen molar-refractivity contribution < 1.29 is 4.79 Å². The first-order valence-electron chi connectivity index (χ1n) is 9.51. The van der Waals surface area contributed by atoms with E-state index in [0.717, 1.165) is 29.4 Å². The van der Waals surface area contributed by atoms with Crippen molar-refractivity contribution in [2.75, 3.05) is 27.2 Å². The third-order valence-electron chi connectivity index (χ3n) is 5.06. The predicted octanol–water partition coefficient (Wildman–Crippen LogP) is 3.30. The topological polar surface area (TPSA) is 56.7 Å². The predicted molar refractivity (Wildman–Crippen MR) is 117 cm³/mol. The summed E-state index contributed by atoms with van der Waals surface area (Å²) in [6.45, 7) is 1.57. The number of amides is 1. The van der Waals surface area contributed by atoms with Crippen molar-refractivity contribution in [2.45, 2.75) is 24.8 Å². The molecule has 0 unspecified atom stereocenters. The number of aliphatic imine (C=N–C) groups is 1. The van der Waals surface area contributed by atoms with E-state index in [1.807, 2.05) is 24.3 Å². The average molecular weight is 443 g/mol. The van der Waals surface area contributed by atoms with Gasteiger partial charge in [-0.15, -0.1) is 0 Å². The Balaban J connectivity index is 1.68. The lowest BCUT2D eigenvalue weighted by molar-refractivity contribution is -0.127. The number of likely N-dealkylation sites (N-methyl/N-ethyl adjacent to an activating group) is 1. The Morgan fingerprint density at radius 2 is 1.75 bits per heavy atom. The molecule has 0 aliphatic heterocycles. The van der Waals surface area contributed by atoms with Crippen LogP contribution in [0.3, 0.4) is 0 Å². The van der Waals surface area contributed by atoms with Crippen LogP contribution in [0.2, 0.25) is 0 Å². The standard InChI is InChI=1S/C22H27BrN4O/c1-27(2)20(28)15-25-21(24-14-17-8-4-3-5-9-17)26-16-22(12-13-22)18-10-6-7-11-19(18)23/h3-11H,12-16H2,1-2H3,(H2,24,25,26). The van der Waals surface area contributed by atoms with Crippen molar-refractivity contribution in [3.63, 3.8) is 0 Å². The molecule has 1 aliphatic rings. The molecule has 148 valence electrons. The van der Waals surface area contributed by atoms with Crippen LogP contribution in [-0.4, -0.2) is 44.0 Å². The van der Waals surface area contributed by atoms with Gasteiger partial charge in [0.1, 0.15) is 0 Å². The summed E-state index contributed by atoms with van der Waals surface area (Å²) >= 11 is 3.68. The summed E-state index contributed by atoms with van der Waals surface area (Å²) in [5.74, 6) is 0.679. The van der Waals surface area contributed by atoms with Gasteiger partial charge in [0, 0.05) is 30.5 Å². The summed E-state index contributed by atoms with van der Waals surface area (Å²) in [6.07, 6.45) is 2.29. The van der Waals surface area contributed by atoms with E-state index in [4.69, 9.17) is 0 Å². The third kappa shape index (κ3) is 5.35. The first-order chi connectivity index (χ1) is 13.5. The Morgan fingerprint density at radius 3 is 2.39 bits per heavy atom. The van der Waals surface area contributed by atoms with Crippen LogP contribution >= 0.6 is 15.9 Å². The number of halogens is 1. The zero-order chi connectivity index (χ0) is 20.0. The Kier molecular flexibility index (Phi) is 6.73. The van der Waals surface area contributed by atoms with E-state index in [0.29, 0.717) is 12.5 Å². The number of nitrogens with one attached hydrogen (secondary N) is 2. The lowest BCUT2D eigenvalue weighted by Crippen LogP contribution is -2.45. The number of hydrogen-bond acceptors (Lipinski definition) is 2. The van der Waals surface area contributed by atoms with Gasteiger partial charge < -0.3 is 15.5 Å². The van der Waals surface area contributed by atoms with Crippen LogP contribution in [-0.2, 0) is 16.8 Å². The zero-order valence-corrected chi connectivity index (χ0v) is 18.0.